The summed E-state index contributed by atoms with van der Waals surface area (Å²) in [6.07, 6.45) is 9.03. The molecule has 1 saturated heterocycles. The Morgan fingerprint density at radius 1 is 1.00 bits per heavy atom. The molecule has 0 bridgehead atoms. The quantitative estimate of drug-likeness (QED) is 0.772. The number of fused-ring (bicyclic) bond motifs is 1. The van der Waals surface area contributed by atoms with Crippen molar-refractivity contribution in [2.45, 2.75) is 19.3 Å². The van der Waals surface area contributed by atoms with Crippen LogP contribution in [0.2, 0.25) is 0 Å². The first-order chi connectivity index (χ1) is 11.9. The minimum atomic E-state index is 0.565. The second-order valence-corrected chi connectivity index (χ2v) is 6.35. The number of piperidine rings is 1. The van der Waals surface area contributed by atoms with Crippen molar-refractivity contribution in [3.8, 4) is 0 Å². The van der Waals surface area contributed by atoms with E-state index in [0.29, 0.717) is 5.95 Å². The van der Waals surface area contributed by atoms with Crippen molar-refractivity contribution in [1.82, 2.24) is 20.3 Å². The molecule has 0 amide bonds. The summed E-state index contributed by atoms with van der Waals surface area (Å²) >= 11 is 0. The Morgan fingerprint density at radius 3 is 2.67 bits per heavy atom. The van der Waals surface area contributed by atoms with Crippen molar-refractivity contribution in [3.05, 3.63) is 54.5 Å². The summed E-state index contributed by atoms with van der Waals surface area (Å²) in [5, 5.41) is 8.95. The van der Waals surface area contributed by atoms with Gasteiger partial charge in [0.25, 0.3) is 0 Å². The molecule has 0 atom stereocenters. The fraction of sp³-hybridized carbons (Fsp3) is 0.316. The lowest BCUT2D eigenvalue weighted by Gasteiger charge is -2.22. The molecule has 2 aromatic heterocycles. The Labute approximate surface area is 141 Å². The Morgan fingerprint density at radius 2 is 1.83 bits per heavy atom. The lowest BCUT2D eigenvalue weighted by molar-refractivity contribution is 0.373. The van der Waals surface area contributed by atoms with Gasteiger partial charge in [0.15, 0.2) is 0 Å². The summed E-state index contributed by atoms with van der Waals surface area (Å²) in [5.74, 6) is 2.13. The topological polar surface area (TPSA) is 62.7 Å². The van der Waals surface area contributed by atoms with E-state index < -0.39 is 0 Å². The van der Waals surface area contributed by atoms with Gasteiger partial charge in [-0.3, -0.25) is 0 Å². The molecule has 3 aromatic rings. The number of aromatic nitrogens is 3. The van der Waals surface area contributed by atoms with Crippen LogP contribution >= 0.6 is 0 Å². The Balaban J connectivity index is 1.55. The van der Waals surface area contributed by atoms with E-state index in [-0.39, 0.29) is 0 Å². The first-order valence-corrected chi connectivity index (χ1v) is 8.50. The molecule has 5 nitrogen and oxygen atoms in total. The van der Waals surface area contributed by atoms with E-state index in [1.807, 2.05) is 6.20 Å². The summed E-state index contributed by atoms with van der Waals surface area (Å²) in [4.78, 5) is 12.8. The molecule has 1 aliphatic heterocycles. The second-order valence-electron chi connectivity index (χ2n) is 6.35. The zero-order valence-corrected chi connectivity index (χ0v) is 13.6. The highest BCUT2D eigenvalue weighted by atomic mass is 15.1. The molecule has 5 heteroatoms. The van der Waals surface area contributed by atoms with E-state index in [9.17, 15) is 0 Å². The molecular formula is C19H21N5. The third-order valence-electron chi connectivity index (χ3n) is 4.57. The molecule has 24 heavy (non-hydrogen) atoms. The van der Waals surface area contributed by atoms with Gasteiger partial charge in [0, 0.05) is 24.0 Å². The molecule has 2 N–H and O–H groups in total. The van der Waals surface area contributed by atoms with Gasteiger partial charge >= 0.3 is 0 Å². The van der Waals surface area contributed by atoms with Gasteiger partial charge in [-0.2, -0.15) is 0 Å². The van der Waals surface area contributed by atoms with E-state index >= 15 is 0 Å². The van der Waals surface area contributed by atoms with Crippen molar-refractivity contribution < 1.29 is 0 Å². The van der Waals surface area contributed by atoms with Crippen LogP contribution in [0, 0.1) is 5.92 Å². The van der Waals surface area contributed by atoms with Crippen LogP contribution in [0.5, 0.6) is 0 Å². The molecule has 0 spiro atoms. The van der Waals surface area contributed by atoms with E-state index in [1.165, 1.54) is 23.8 Å². The number of rotatable bonds is 4. The van der Waals surface area contributed by atoms with Gasteiger partial charge in [-0.15, -0.1) is 0 Å². The number of benzene rings is 1. The van der Waals surface area contributed by atoms with Crippen molar-refractivity contribution in [1.29, 1.82) is 0 Å². The molecule has 1 aliphatic rings. The molecule has 4 rings (SSSR count). The molecule has 1 aromatic carbocycles. The van der Waals surface area contributed by atoms with Crippen LogP contribution in [0.25, 0.3) is 10.8 Å². The highest BCUT2D eigenvalue weighted by Crippen LogP contribution is 2.23. The van der Waals surface area contributed by atoms with Gasteiger partial charge in [-0.25, -0.2) is 15.0 Å². The third-order valence-corrected chi connectivity index (χ3v) is 4.57. The number of anilines is 2. The fourth-order valence-corrected chi connectivity index (χ4v) is 3.28. The highest BCUT2D eigenvalue weighted by molar-refractivity contribution is 5.85. The second kappa shape index (κ2) is 6.93. The van der Waals surface area contributed by atoms with E-state index in [0.717, 1.165) is 36.6 Å². The lowest BCUT2D eigenvalue weighted by Crippen LogP contribution is -2.28. The van der Waals surface area contributed by atoms with Crippen molar-refractivity contribution >= 4 is 22.5 Å². The molecule has 0 aliphatic carbocycles. The average molecular weight is 319 g/mol. The first-order valence-electron chi connectivity index (χ1n) is 8.50. The molecule has 0 unspecified atom stereocenters. The summed E-state index contributed by atoms with van der Waals surface area (Å²) in [7, 11) is 0. The first kappa shape index (κ1) is 15.0. The average Bonchev–Trinajstić information content (AvgIpc) is 2.63. The van der Waals surface area contributed by atoms with Crippen molar-refractivity contribution in [2.75, 3.05) is 18.4 Å². The normalized spacial score (nSPS) is 15.5. The molecule has 122 valence electrons. The van der Waals surface area contributed by atoms with Gasteiger partial charge in [0.05, 0.1) is 0 Å². The van der Waals surface area contributed by atoms with Gasteiger partial charge < -0.3 is 10.6 Å². The number of nitrogens with zero attached hydrogens (tertiary/aromatic N) is 3. The third kappa shape index (κ3) is 3.51. The van der Waals surface area contributed by atoms with E-state index in [2.05, 4.69) is 49.9 Å². The number of pyridine rings is 1. The standard InChI is InChI=1S/C19H21N5/c1-6-21-19(22-7-1)24-18-12-17-11-15(2-3-16(17)13-23-18)10-14-4-8-20-9-5-14/h1-3,6-7,11-14,20H,4-5,8-10H2,(H,21,22,23,24). The van der Waals surface area contributed by atoms with Crippen LogP contribution < -0.4 is 10.6 Å². The van der Waals surface area contributed by atoms with Gasteiger partial charge in [0.2, 0.25) is 5.95 Å². The lowest BCUT2D eigenvalue weighted by atomic mass is 9.90. The summed E-state index contributed by atoms with van der Waals surface area (Å²) in [6, 6.07) is 10.6. The minimum Gasteiger partial charge on any atom is -0.317 e. The van der Waals surface area contributed by atoms with Gasteiger partial charge in [0.1, 0.15) is 5.82 Å². The number of hydrogen-bond acceptors (Lipinski definition) is 5. The van der Waals surface area contributed by atoms with E-state index in [4.69, 9.17) is 0 Å². The molecule has 1 fully saturated rings. The maximum absolute atomic E-state index is 4.45. The van der Waals surface area contributed by atoms with Crippen molar-refractivity contribution in [2.24, 2.45) is 5.92 Å². The van der Waals surface area contributed by atoms with Crippen LogP contribution in [0.15, 0.2) is 48.9 Å². The van der Waals surface area contributed by atoms with Crippen LogP contribution in [-0.4, -0.2) is 28.0 Å². The molecular weight excluding hydrogens is 298 g/mol. The molecule has 3 heterocycles. The zero-order valence-electron chi connectivity index (χ0n) is 13.6. The predicted octanol–water partition coefficient (Wildman–Crippen LogP) is 3.31. The number of nitrogens with one attached hydrogen (secondary N) is 2. The maximum atomic E-state index is 4.45. The minimum absolute atomic E-state index is 0.565. The van der Waals surface area contributed by atoms with Crippen molar-refractivity contribution in [3.63, 3.8) is 0 Å². The smallest absolute Gasteiger partial charge is 0.228 e. The molecule has 0 radical (unpaired) electrons. The maximum Gasteiger partial charge on any atom is 0.228 e. The van der Waals surface area contributed by atoms with Crippen LogP contribution in [0.4, 0.5) is 11.8 Å². The molecule has 0 saturated carbocycles. The largest absolute Gasteiger partial charge is 0.317 e. The Hall–Kier alpha value is -2.53. The monoisotopic (exact) mass is 319 g/mol. The van der Waals surface area contributed by atoms with Gasteiger partial charge in [-0.05, 0) is 61.4 Å². The highest BCUT2D eigenvalue weighted by Gasteiger charge is 2.13. The van der Waals surface area contributed by atoms with Crippen LogP contribution in [0.3, 0.4) is 0 Å². The predicted molar refractivity (Wildman–Crippen MR) is 96.4 cm³/mol. The Bertz CT molecular complexity index is 812. The SMILES string of the molecule is c1cnc(Nc2cc3cc(CC4CCNCC4)ccc3cn2)nc1. The summed E-state index contributed by atoms with van der Waals surface area (Å²) < 4.78 is 0. The van der Waals surface area contributed by atoms with Crippen LogP contribution in [-0.2, 0) is 6.42 Å². The zero-order chi connectivity index (χ0) is 16.2. The number of hydrogen-bond donors (Lipinski definition) is 2. The summed E-state index contributed by atoms with van der Waals surface area (Å²) in [6.45, 7) is 2.29. The fourth-order valence-electron chi connectivity index (χ4n) is 3.28. The Kier molecular flexibility index (Phi) is 4.34. The van der Waals surface area contributed by atoms with Gasteiger partial charge in [-0.1, -0.05) is 18.2 Å². The van der Waals surface area contributed by atoms with Crippen LogP contribution in [0.1, 0.15) is 18.4 Å². The summed E-state index contributed by atoms with van der Waals surface area (Å²) in [5.41, 5.74) is 1.41. The van der Waals surface area contributed by atoms with E-state index in [1.54, 1.807) is 18.5 Å².